The predicted octanol–water partition coefficient (Wildman–Crippen LogP) is 3.68. The second-order valence-corrected chi connectivity index (χ2v) is 6.96. The summed E-state index contributed by atoms with van der Waals surface area (Å²) in [4.78, 5) is 28.8. The van der Waals surface area contributed by atoms with Gasteiger partial charge in [0.2, 0.25) is 5.91 Å². The highest BCUT2D eigenvalue weighted by Gasteiger charge is 2.27. The first-order valence-electron chi connectivity index (χ1n) is 9.92. The quantitative estimate of drug-likeness (QED) is 0.449. The summed E-state index contributed by atoms with van der Waals surface area (Å²) in [5.41, 5.74) is 2.57. The van der Waals surface area contributed by atoms with E-state index in [1.54, 1.807) is 12.4 Å². The Morgan fingerprint density at radius 1 is 0.867 bits per heavy atom. The number of amides is 1. The number of benzene rings is 2. The lowest BCUT2D eigenvalue weighted by atomic mass is 9.90. The maximum atomic E-state index is 13.1. The topological polar surface area (TPSA) is 91.3 Å². The second kappa shape index (κ2) is 10.8. The van der Waals surface area contributed by atoms with Gasteiger partial charge in [0.15, 0.2) is 0 Å². The molecule has 1 aromatic heterocycles. The zero-order valence-electron chi connectivity index (χ0n) is 16.6. The van der Waals surface area contributed by atoms with Crippen LogP contribution in [0.1, 0.15) is 29.9 Å². The molecule has 2 aromatic carbocycles. The highest BCUT2D eigenvalue weighted by atomic mass is 16.4. The van der Waals surface area contributed by atoms with Gasteiger partial charge in [-0.05, 0) is 36.1 Å². The molecular formula is C24H25N3O3. The van der Waals surface area contributed by atoms with E-state index in [-0.39, 0.29) is 5.91 Å². The molecule has 0 spiro atoms. The van der Waals surface area contributed by atoms with Crippen molar-refractivity contribution in [3.8, 4) is 0 Å². The Morgan fingerprint density at radius 3 is 1.97 bits per heavy atom. The Labute approximate surface area is 176 Å². The van der Waals surface area contributed by atoms with Crippen molar-refractivity contribution in [1.82, 2.24) is 10.3 Å². The maximum Gasteiger partial charge on any atom is 0.326 e. The van der Waals surface area contributed by atoms with E-state index in [9.17, 15) is 14.7 Å². The highest BCUT2D eigenvalue weighted by molar-refractivity contribution is 5.90. The minimum absolute atomic E-state index is 0.318. The number of pyridine rings is 1. The summed E-state index contributed by atoms with van der Waals surface area (Å²) in [5, 5.41) is 15.6. The summed E-state index contributed by atoms with van der Waals surface area (Å²) in [5.74, 6) is -1.92. The standard InChI is InChI=1S/C24H25N3O3/c28-23(22(18-8-3-1-4-9-18)19-10-5-2-6-11-19)27-21(24(29)30)12-7-15-26-20-13-16-25-17-14-20/h1-6,8-11,13-14,16-17,21-22H,7,12,15H2,(H,25,26)(H,27,28)(H,29,30). The molecule has 6 nitrogen and oxygen atoms in total. The number of rotatable bonds is 10. The molecule has 3 aromatic rings. The number of aliphatic carboxylic acids is 1. The molecule has 3 rings (SSSR count). The van der Waals surface area contributed by atoms with Crippen molar-refractivity contribution in [2.45, 2.75) is 24.8 Å². The van der Waals surface area contributed by atoms with Crippen LogP contribution in [0.2, 0.25) is 0 Å². The number of carbonyl (C=O) groups is 2. The monoisotopic (exact) mass is 403 g/mol. The van der Waals surface area contributed by atoms with E-state index in [1.807, 2.05) is 72.8 Å². The molecule has 154 valence electrons. The molecule has 3 N–H and O–H groups in total. The van der Waals surface area contributed by atoms with Crippen LogP contribution in [0, 0.1) is 0 Å². The Balaban J connectivity index is 1.65. The van der Waals surface area contributed by atoms with Gasteiger partial charge < -0.3 is 15.7 Å². The molecule has 1 heterocycles. The summed E-state index contributed by atoms with van der Waals surface area (Å²) in [7, 11) is 0. The lowest BCUT2D eigenvalue weighted by molar-refractivity contribution is -0.142. The Morgan fingerprint density at radius 2 is 1.43 bits per heavy atom. The van der Waals surface area contributed by atoms with Crippen molar-refractivity contribution in [1.29, 1.82) is 0 Å². The van der Waals surface area contributed by atoms with Crippen LogP contribution in [0.3, 0.4) is 0 Å². The number of hydrogen-bond donors (Lipinski definition) is 3. The summed E-state index contributed by atoms with van der Waals surface area (Å²) in [6.07, 6.45) is 4.31. The first-order chi connectivity index (χ1) is 14.6. The number of carboxylic acid groups (broad SMARTS) is 1. The first-order valence-corrected chi connectivity index (χ1v) is 9.92. The fourth-order valence-corrected chi connectivity index (χ4v) is 3.31. The van der Waals surface area contributed by atoms with E-state index >= 15 is 0 Å². The molecule has 0 aliphatic carbocycles. The van der Waals surface area contributed by atoms with Gasteiger partial charge in [-0.15, -0.1) is 0 Å². The zero-order valence-corrected chi connectivity index (χ0v) is 16.6. The van der Waals surface area contributed by atoms with E-state index in [4.69, 9.17) is 0 Å². The van der Waals surface area contributed by atoms with Gasteiger partial charge in [-0.25, -0.2) is 4.79 Å². The van der Waals surface area contributed by atoms with Crippen LogP contribution in [0.25, 0.3) is 0 Å². The van der Waals surface area contributed by atoms with Gasteiger partial charge in [0.1, 0.15) is 6.04 Å². The number of nitrogens with zero attached hydrogens (tertiary/aromatic N) is 1. The normalized spacial score (nSPS) is 11.6. The lowest BCUT2D eigenvalue weighted by Gasteiger charge is -2.21. The molecule has 0 aliphatic rings. The summed E-state index contributed by atoms with van der Waals surface area (Å²) >= 11 is 0. The van der Waals surface area contributed by atoms with E-state index in [0.29, 0.717) is 19.4 Å². The summed E-state index contributed by atoms with van der Waals surface area (Å²) < 4.78 is 0. The number of aromatic nitrogens is 1. The fraction of sp³-hybridized carbons (Fsp3) is 0.208. The van der Waals surface area contributed by atoms with E-state index < -0.39 is 17.9 Å². The maximum absolute atomic E-state index is 13.1. The smallest absolute Gasteiger partial charge is 0.326 e. The number of carbonyl (C=O) groups excluding carboxylic acids is 1. The minimum Gasteiger partial charge on any atom is -0.480 e. The molecule has 0 saturated carbocycles. The Kier molecular flexibility index (Phi) is 7.55. The molecule has 0 bridgehead atoms. The third-order valence-corrected chi connectivity index (χ3v) is 4.82. The highest BCUT2D eigenvalue weighted by Crippen LogP contribution is 2.25. The molecule has 0 saturated heterocycles. The van der Waals surface area contributed by atoms with E-state index in [2.05, 4.69) is 15.6 Å². The first kappa shape index (κ1) is 21.0. The molecule has 1 amide bonds. The van der Waals surface area contributed by atoms with Crippen LogP contribution in [-0.2, 0) is 9.59 Å². The fourth-order valence-electron chi connectivity index (χ4n) is 3.31. The van der Waals surface area contributed by atoms with Gasteiger partial charge in [-0.3, -0.25) is 9.78 Å². The van der Waals surface area contributed by atoms with E-state index in [0.717, 1.165) is 16.8 Å². The predicted molar refractivity (Wildman–Crippen MR) is 116 cm³/mol. The van der Waals surface area contributed by atoms with Crippen LogP contribution in [0.15, 0.2) is 85.2 Å². The molecule has 30 heavy (non-hydrogen) atoms. The molecular weight excluding hydrogens is 378 g/mol. The SMILES string of the molecule is O=C(O)C(CCCNc1ccncc1)NC(=O)C(c1ccccc1)c1ccccc1. The van der Waals surface area contributed by atoms with Crippen molar-refractivity contribution < 1.29 is 14.7 Å². The van der Waals surface area contributed by atoms with Gasteiger partial charge in [-0.2, -0.15) is 0 Å². The van der Waals surface area contributed by atoms with Gasteiger partial charge in [0.25, 0.3) is 0 Å². The zero-order chi connectivity index (χ0) is 21.2. The molecule has 0 radical (unpaired) electrons. The van der Waals surface area contributed by atoms with Crippen molar-refractivity contribution in [3.63, 3.8) is 0 Å². The van der Waals surface area contributed by atoms with Crippen molar-refractivity contribution in [3.05, 3.63) is 96.3 Å². The largest absolute Gasteiger partial charge is 0.480 e. The van der Waals surface area contributed by atoms with Crippen molar-refractivity contribution in [2.75, 3.05) is 11.9 Å². The average molecular weight is 403 g/mol. The van der Waals surface area contributed by atoms with Gasteiger partial charge in [-0.1, -0.05) is 60.7 Å². The summed E-state index contributed by atoms with van der Waals surface area (Å²) in [6.45, 7) is 0.602. The third-order valence-electron chi connectivity index (χ3n) is 4.82. The lowest BCUT2D eigenvalue weighted by Crippen LogP contribution is -2.43. The number of nitrogens with one attached hydrogen (secondary N) is 2. The molecule has 1 unspecified atom stereocenters. The summed E-state index contributed by atoms with van der Waals surface area (Å²) in [6, 6.07) is 21.5. The number of carboxylic acids is 1. The van der Waals surface area contributed by atoms with Gasteiger partial charge in [0.05, 0.1) is 5.92 Å². The van der Waals surface area contributed by atoms with Crippen LogP contribution in [0.5, 0.6) is 0 Å². The second-order valence-electron chi connectivity index (χ2n) is 6.96. The molecule has 0 aliphatic heterocycles. The van der Waals surface area contributed by atoms with Crippen LogP contribution in [0.4, 0.5) is 5.69 Å². The molecule has 6 heteroatoms. The van der Waals surface area contributed by atoms with E-state index in [1.165, 1.54) is 0 Å². The van der Waals surface area contributed by atoms with Gasteiger partial charge in [0, 0.05) is 24.6 Å². The van der Waals surface area contributed by atoms with Crippen molar-refractivity contribution >= 4 is 17.6 Å². The molecule has 0 fully saturated rings. The molecule has 1 atom stereocenters. The number of hydrogen-bond acceptors (Lipinski definition) is 4. The average Bonchev–Trinajstić information content (AvgIpc) is 2.78. The van der Waals surface area contributed by atoms with Crippen LogP contribution < -0.4 is 10.6 Å². The van der Waals surface area contributed by atoms with Crippen LogP contribution >= 0.6 is 0 Å². The third kappa shape index (κ3) is 5.91. The van der Waals surface area contributed by atoms with Gasteiger partial charge >= 0.3 is 5.97 Å². The number of anilines is 1. The Bertz CT molecular complexity index is 894. The van der Waals surface area contributed by atoms with Crippen molar-refractivity contribution in [2.24, 2.45) is 0 Å². The Hall–Kier alpha value is -3.67. The minimum atomic E-state index is -1.04. The van der Waals surface area contributed by atoms with Crippen LogP contribution in [-0.4, -0.2) is 34.6 Å².